The number of Topliss-reactive ketones (excluding diaryl/α,β-unsaturated/α-hetero) is 2. The number of carbonyl (C=O) groups excluding carboxylic acids is 3. The summed E-state index contributed by atoms with van der Waals surface area (Å²) in [6.45, 7) is 2.27. The summed E-state index contributed by atoms with van der Waals surface area (Å²) in [4.78, 5) is 36.3. The van der Waals surface area contributed by atoms with Crippen LogP contribution >= 0.6 is 0 Å². The highest BCUT2D eigenvalue weighted by atomic mass is 16.5. The van der Waals surface area contributed by atoms with Crippen LogP contribution in [0, 0.1) is 0 Å². The second-order valence-electron chi connectivity index (χ2n) is 6.28. The molecule has 0 aliphatic rings. The van der Waals surface area contributed by atoms with Gasteiger partial charge in [0, 0.05) is 29.2 Å². The number of carbonyl (C=O) groups is 3. The zero-order valence-electron chi connectivity index (χ0n) is 15.8. The third-order valence-corrected chi connectivity index (χ3v) is 4.41. The van der Waals surface area contributed by atoms with Crippen molar-refractivity contribution in [1.29, 1.82) is 0 Å². The Bertz CT molecular complexity index is 1020. The van der Waals surface area contributed by atoms with Gasteiger partial charge in [-0.15, -0.1) is 0 Å². The van der Waals surface area contributed by atoms with Crippen molar-refractivity contribution in [3.05, 3.63) is 65.9 Å². The minimum atomic E-state index is -0.985. The molecule has 0 saturated heterocycles. The number of nitrogens with zero attached hydrogens (tertiary/aromatic N) is 1. The van der Waals surface area contributed by atoms with E-state index in [0.29, 0.717) is 23.2 Å². The van der Waals surface area contributed by atoms with Gasteiger partial charge in [-0.25, -0.2) is 4.79 Å². The van der Waals surface area contributed by atoms with Gasteiger partial charge in [0.1, 0.15) is 5.75 Å². The van der Waals surface area contributed by atoms with Gasteiger partial charge >= 0.3 is 5.97 Å². The van der Waals surface area contributed by atoms with Gasteiger partial charge in [0.15, 0.2) is 5.78 Å². The number of hydrogen-bond donors (Lipinski definition) is 0. The quantitative estimate of drug-likeness (QED) is 0.260. The van der Waals surface area contributed by atoms with Crippen LogP contribution in [0.3, 0.4) is 0 Å². The monoisotopic (exact) mass is 379 g/mol. The van der Waals surface area contributed by atoms with Crippen molar-refractivity contribution in [1.82, 2.24) is 4.57 Å². The summed E-state index contributed by atoms with van der Waals surface area (Å²) in [6, 6.07) is 15.3. The summed E-state index contributed by atoms with van der Waals surface area (Å²) < 4.78 is 11.9. The maximum Gasteiger partial charge on any atom is 0.375 e. The first-order valence-electron chi connectivity index (χ1n) is 8.97. The minimum Gasteiger partial charge on any atom is -0.497 e. The molecular weight excluding hydrogens is 358 g/mol. The van der Waals surface area contributed by atoms with Crippen LogP contribution in [-0.2, 0) is 20.9 Å². The zero-order valence-corrected chi connectivity index (χ0v) is 15.8. The number of fused-ring (bicyclic) bond motifs is 1. The standard InChI is InChI=1S/C22H21NO5/c1-3-28-22(26)21(25)12-20(24)18-14-23(13-15-7-5-4-6-8-15)19-10-9-16(27-2)11-17(18)19/h4-11,14H,3,12-13H2,1-2H3. The van der Waals surface area contributed by atoms with Crippen LogP contribution in [0.1, 0.15) is 29.3 Å². The molecule has 2 aromatic carbocycles. The molecule has 1 heterocycles. The maximum atomic E-state index is 12.8. The molecule has 0 radical (unpaired) electrons. The molecule has 0 spiro atoms. The highest BCUT2D eigenvalue weighted by Gasteiger charge is 2.23. The Labute approximate surface area is 162 Å². The molecule has 0 unspecified atom stereocenters. The molecule has 0 fully saturated rings. The molecule has 0 aliphatic heterocycles. The topological polar surface area (TPSA) is 74.6 Å². The predicted molar refractivity (Wildman–Crippen MR) is 105 cm³/mol. The molecule has 0 amide bonds. The van der Waals surface area contributed by atoms with Gasteiger partial charge in [0.25, 0.3) is 0 Å². The Kier molecular flexibility index (Phi) is 5.89. The van der Waals surface area contributed by atoms with E-state index in [4.69, 9.17) is 4.74 Å². The molecule has 6 nitrogen and oxygen atoms in total. The first kappa shape index (κ1) is 19.4. The normalized spacial score (nSPS) is 10.6. The molecule has 6 heteroatoms. The Hall–Kier alpha value is -3.41. The van der Waals surface area contributed by atoms with Gasteiger partial charge in [-0.2, -0.15) is 0 Å². The fourth-order valence-corrected chi connectivity index (χ4v) is 3.06. The first-order valence-corrected chi connectivity index (χ1v) is 8.97. The predicted octanol–water partition coefficient (Wildman–Crippen LogP) is 3.40. The van der Waals surface area contributed by atoms with Crippen LogP contribution in [0.15, 0.2) is 54.7 Å². The Morgan fingerprint density at radius 2 is 1.79 bits per heavy atom. The number of benzene rings is 2. The lowest BCUT2D eigenvalue weighted by molar-refractivity contribution is -0.153. The van der Waals surface area contributed by atoms with Gasteiger partial charge in [-0.1, -0.05) is 30.3 Å². The van der Waals surface area contributed by atoms with E-state index in [1.165, 1.54) is 0 Å². The van der Waals surface area contributed by atoms with E-state index < -0.39 is 24.0 Å². The van der Waals surface area contributed by atoms with E-state index in [0.717, 1.165) is 11.1 Å². The number of ketones is 2. The van der Waals surface area contributed by atoms with Crippen LogP contribution in [0.5, 0.6) is 5.75 Å². The number of aromatic nitrogens is 1. The van der Waals surface area contributed by atoms with Gasteiger partial charge in [-0.05, 0) is 30.7 Å². The van der Waals surface area contributed by atoms with E-state index in [1.807, 2.05) is 47.0 Å². The van der Waals surface area contributed by atoms with Crippen LogP contribution in [0.4, 0.5) is 0 Å². The summed E-state index contributed by atoms with van der Waals surface area (Å²) in [5, 5.41) is 0.678. The lowest BCUT2D eigenvalue weighted by Gasteiger charge is -2.06. The minimum absolute atomic E-state index is 0.0896. The van der Waals surface area contributed by atoms with E-state index in [-0.39, 0.29) is 6.61 Å². The highest BCUT2D eigenvalue weighted by molar-refractivity contribution is 6.38. The van der Waals surface area contributed by atoms with Crippen molar-refractivity contribution >= 4 is 28.4 Å². The first-order chi connectivity index (χ1) is 13.5. The van der Waals surface area contributed by atoms with Crippen molar-refractivity contribution in [3.63, 3.8) is 0 Å². The van der Waals surface area contributed by atoms with Crippen molar-refractivity contribution in [2.45, 2.75) is 19.9 Å². The summed E-state index contributed by atoms with van der Waals surface area (Å²) in [7, 11) is 1.55. The second kappa shape index (κ2) is 8.52. The van der Waals surface area contributed by atoms with Crippen molar-refractivity contribution in [2.24, 2.45) is 0 Å². The van der Waals surface area contributed by atoms with Crippen LogP contribution in [-0.4, -0.2) is 35.8 Å². The number of hydrogen-bond acceptors (Lipinski definition) is 5. The molecule has 0 bridgehead atoms. The summed E-state index contributed by atoms with van der Waals surface area (Å²) in [6.07, 6.45) is 1.19. The van der Waals surface area contributed by atoms with Crippen molar-refractivity contribution in [3.8, 4) is 5.75 Å². The van der Waals surface area contributed by atoms with E-state index in [1.54, 1.807) is 26.3 Å². The van der Waals surface area contributed by atoms with Gasteiger partial charge < -0.3 is 14.0 Å². The van der Waals surface area contributed by atoms with Crippen LogP contribution in [0.25, 0.3) is 10.9 Å². The van der Waals surface area contributed by atoms with Gasteiger partial charge in [-0.3, -0.25) is 9.59 Å². The van der Waals surface area contributed by atoms with E-state index in [2.05, 4.69) is 4.74 Å². The third-order valence-electron chi connectivity index (χ3n) is 4.41. The Morgan fingerprint density at radius 3 is 2.46 bits per heavy atom. The molecule has 3 rings (SSSR count). The SMILES string of the molecule is CCOC(=O)C(=O)CC(=O)c1cn(Cc2ccccc2)c2ccc(OC)cc12. The number of ether oxygens (including phenoxy) is 2. The lowest BCUT2D eigenvalue weighted by atomic mass is 10.0. The average Bonchev–Trinajstić information content (AvgIpc) is 3.06. The lowest BCUT2D eigenvalue weighted by Crippen LogP contribution is -2.20. The molecule has 28 heavy (non-hydrogen) atoms. The molecule has 0 N–H and O–H groups in total. The molecule has 3 aromatic rings. The highest BCUT2D eigenvalue weighted by Crippen LogP contribution is 2.28. The maximum absolute atomic E-state index is 12.8. The van der Waals surface area contributed by atoms with Crippen LogP contribution < -0.4 is 4.74 Å². The Morgan fingerprint density at radius 1 is 1.04 bits per heavy atom. The molecule has 0 atom stereocenters. The molecule has 0 aliphatic carbocycles. The average molecular weight is 379 g/mol. The second-order valence-corrected chi connectivity index (χ2v) is 6.28. The molecule has 0 saturated carbocycles. The number of esters is 1. The largest absolute Gasteiger partial charge is 0.497 e. The van der Waals surface area contributed by atoms with E-state index >= 15 is 0 Å². The van der Waals surface area contributed by atoms with Gasteiger partial charge in [0.2, 0.25) is 5.78 Å². The van der Waals surface area contributed by atoms with Gasteiger partial charge in [0.05, 0.1) is 20.1 Å². The van der Waals surface area contributed by atoms with Crippen LogP contribution in [0.2, 0.25) is 0 Å². The summed E-state index contributed by atoms with van der Waals surface area (Å²) in [5.74, 6) is -1.65. The number of rotatable bonds is 8. The van der Waals surface area contributed by atoms with E-state index in [9.17, 15) is 14.4 Å². The zero-order chi connectivity index (χ0) is 20.1. The smallest absolute Gasteiger partial charge is 0.375 e. The summed E-state index contributed by atoms with van der Waals surface area (Å²) >= 11 is 0. The van der Waals surface area contributed by atoms with Crippen molar-refractivity contribution in [2.75, 3.05) is 13.7 Å². The summed E-state index contributed by atoms with van der Waals surface area (Å²) in [5.41, 5.74) is 2.30. The fraction of sp³-hybridized carbons (Fsp3) is 0.227. The molecule has 1 aromatic heterocycles. The molecule has 144 valence electrons. The van der Waals surface area contributed by atoms with Crippen molar-refractivity contribution < 1.29 is 23.9 Å². The number of methoxy groups -OCH3 is 1. The third kappa shape index (κ3) is 4.11. The Balaban J connectivity index is 1.97. The molecular formula is C22H21NO5. The fourth-order valence-electron chi connectivity index (χ4n) is 3.06.